The second-order valence-electron chi connectivity index (χ2n) is 6.85. The molecule has 1 amide bonds. The van der Waals surface area contributed by atoms with Gasteiger partial charge in [-0.15, -0.1) is 0 Å². The van der Waals surface area contributed by atoms with Gasteiger partial charge in [0.15, 0.2) is 5.65 Å². The Bertz CT molecular complexity index is 1270. The van der Waals surface area contributed by atoms with Gasteiger partial charge in [-0.05, 0) is 65.2 Å². The molecule has 2 heterocycles. The van der Waals surface area contributed by atoms with Crippen molar-refractivity contribution in [2.75, 3.05) is 5.32 Å². The zero-order valence-electron chi connectivity index (χ0n) is 15.9. The van der Waals surface area contributed by atoms with E-state index < -0.39 is 0 Å². The van der Waals surface area contributed by atoms with E-state index in [0.717, 1.165) is 21.3 Å². The van der Waals surface area contributed by atoms with Gasteiger partial charge in [-0.2, -0.15) is 5.10 Å². The van der Waals surface area contributed by atoms with Crippen LogP contribution in [-0.2, 0) is 11.3 Å². The van der Waals surface area contributed by atoms with E-state index in [2.05, 4.69) is 37.4 Å². The number of aromatic nitrogens is 4. The predicted molar refractivity (Wildman–Crippen MR) is 115 cm³/mol. The third-order valence-corrected chi connectivity index (χ3v) is 5.16. The fraction of sp³-hybridized carbons (Fsp3) is 0.143. The van der Waals surface area contributed by atoms with E-state index in [9.17, 15) is 9.59 Å². The minimum absolute atomic E-state index is 0.141. The molecule has 1 N–H and O–H groups in total. The molecule has 2 aromatic heterocycles. The summed E-state index contributed by atoms with van der Waals surface area (Å²) in [6.45, 7) is 3.87. The number of rotatable bonds is 4. The Hall–Kier alpha value is -3.26. The highest BCUT2D eigenvalue weighted by Gasteiger charge is 2.14. The fourth-order valence-corrected chi connectivity index (χ4v) is 3.61. The second kappa shape index (κ2) is 7.63. The van der Waals surface area contributed by atoms with E-state index in [1.165, 1.54) is 17.1 Å². The molecule has 29 heavy (non-hydrogen) atoms. The number of halogens is 1. The molecule has 0 bridgehead atoms. The van der Waals surface area contributed by atoms with Crippen LogP contribution in [0.2, 0.25) is 0 Å². The first-order valence-electron chi connectivity index (χ1n) is 8.98. The number of fused-ring (bicyclic) bond motifs is 1. The first-order chi connectivity index (χ1) is 13.9. The molecule has 0 atom stereocenters. The number of hydrogen-bond acceptors (Lipinski definition) is 4. The van der Waals surface area contributed by atoms with Gasteiger partial charge in [0.25, 0.3) is 5.56 Å². The number of benzene rings is 2. The van der Waals surface area contributed by atoms with Crippen molar-refractivity contribution in [3.05, 3.63) is 80.9 Å². The van der Waals surface area contributed by atoms with Crippen molar-refractivity contribution in [1.29, 1.82) is 0 Å². The number of para-hydroxylation sites is 1. The van der Waals surface area contributed by atoms with Crippen LogP contribution >= 0.6 is 15.9 Å². The van der Waals surface area contributed by atoms with Crippen LogP contribution in [0, 0.1) is 13.8 Å². The summed E-state index contributed by atoms with van der Waals surface area (Å²) in [4.78, 5) is 29.6. The van der Waals surface area contributed by atoms with E-state index in [0.29, 0.717) is 16.7 Å². The molecule has 0 saturated carbocycles. The van der Waals surface area contributed by atoms with Crippen LogP contribution in [0.15, 0.2) is 64.3 Å². The van der Waals surface area contributed by atoms with Crippen LogP contribution in [0.1, 0.15) is 11.1 Å². The van der Waals surface area contributed by atoms with Crippen molar-refractivity contribution in [2.45, 2.75) is 20.4 Å². The highest BCUT2D eigenvalue weighted by molar-refractivity contribution is 9.10. The van der Waals surface area contributed by atoms with Crippen molar-refractivity contribution >= 4 is 38.6 Å². The van der Waals surface area contributed by atoms with Crippen LogP contribution in [0.25, 0.3) is 16.7 Å². The quantitative estimate of drug-likeness (QED) is 0.513. The average molecular weight is 452 g/mol. The van der Waals surface area contributed by atoms with Crippen LogP contribution in [0.5, 0.6) is 0 Å². The SMILES string of the molecule is Cc1cc(C)cc(-n2ncc3c(=O)n(CC(=O)Nc4ccccc4Br)cnc32)c1. The lowest BCUT2D eigenvalue weighted by Crippen LogP contribution is -2.28. The minimum Gasteiger partial charge on any atom is -0.324 e. The fourth-order valence-electron chi connectivity index (χ4n) is 3.23. The first kappa shape index (κ1) is 19.1. The lowest BCUT2D eigenvalue weighted by Gasteiger charge is -2.09. The molecule has 0 aliphatic carbocycles. The van der Waals surface area contributed by atoms with Gasteiger partial charge in [-0.1, -0.05) is 18.2 Å². The number of amides is 1. The van der Waals surface area contributed by atoms with Crippen LogP contribution in [0.3, 0.4) is 0 Å². The van der Waals surface area contributed by atoms with Gasteiger partial charge in [0.2, 0.25) is 5.91 Å². The highest BCUT2D eigenvalue weighted by Crippen LogP contribution is 2.21. The molecule has 4 aromatic rings. The van der Waals surface area contributed by atoms with Gasteiger partial charge in [0.05, 0.1) is 17.6 Å². The normalized spacial score (nSPS) is 11.0. The van der Waals surface area contributed by atoms with Gasteiger partial charge in [0.1, 0.15) is 18.3 Å². The maximum Gasteiger partial charge on any atom is 0.264 e. The minimum atomic E-state index is -0.318. The zero-order valence-corrected chi connectivity index (χ0v) is 17.5. The van der Waals surface area contributed by atoms with Crippen molar-refractivity contribution in [2.24, 2.45) is 0 Å². The third-order valence-electron chi connectivity index (χ3n) is 4.47. The molecule has 0 radical (unpaired) electrons. The van der Waals surface area contributed by atoms with E-state index in [1.54, 1.807) is 10.7 Å². The summed E-state index contributed by atoms with van der Waals surface area (Å²) in [5, 5.41) is 7.49. The molecule has 0 saturated heterocycles. The summed E-state index contributed by atoms with van der Waals surface area (Å²) >= 11 is 3.39. The zero-order chi connectivity index (χ0) is 20.5. The second-order valence-corrected chi connectivity index (χ2v) is 7.70. The van der Waals surface area contributed by atoms with E-state index in [-0.39, 0.29) is 18.0 Å². The molecule has 0 aliphatic rings. The Kier molecular flexibility index (Phi) is 5.02. The number of aryl methyl sites for hydroxylation is 2. The smallest absolute Gasteiger partial charge is 0.264 e. The predicted octanol–water partition coefficient (Wildman–Crippen LogP) is 3.60. The Labute approximate surface area is 175 Å². The molecular weight excluding hydrogens is 434 g/mol. The standard InChI is InChI=1S/C21H18BrN5O2/c1-13-7-14(2)9-15(8-13)27-20-16(10-24-27)21(29)26(12-23-20)11-19(28)25-18-6-4-3-5-17(18)22/h3-10,12H,11H2,1-2H3,(H,25,28). The largest absolute Gasteiger partial charge is 0.324 e. The molecule has 0 fully saturated rings. The molecule has 7 nitrogen and oxygen atoms in total. The number of anilines is 1. The Morgan fingerprint density at radius 3 is 2.59 bits per heavy atom. The number of carbonyl (C=O) groups is 1. The number of hydrogen-bond donors (Lipinski definition) is 1. The van der Waals surface area contributed by atoms with Gasteiger partial charge >= 0.3 is 0 Å². The summed E-state index contributed by atoms with van der Waals surface area (Å²) in [6.07, 6.45) is 2.87. The summed E-state index contributed by atoms with van der Waals surface area (Å²) in [7, 11) is 0. The number of nitrogens with zero attached hydrogens (tertiary/aromatic N) is 4. The molecule has 0 unspecified atom stereocenters. The van der Waals surface area contributed by atoms with E-state index in [4.69, 9.17) is 0 Å². The van der Waals surface area contributed by atoms with Crippen molar-refractivity contribution < 1.29 is 4.79 Å². The summed E-state index contributed by atoms with van der Waals surface area (Å²) < 4.78 is 3.69. The first-order valence-corrected chi connectivity index (χ1v) is 9.78. The maximum absolute atomic E-state index is 12.8. The van der Waals surface area contributed by atoms with E-state index >= 15 is 0 Å². The molecule has 8 heteroatoms. The monoisotopic (exact) mass is 451 g/mol. The van der Waals surface area contributed by atoms with Gasteiger partial charge in [-0.3, -0.25) is 14.2 Å². The molecule has 146 valence electrons. The van der Waals surface area contributed by atoms with Crippen LogP contribution < -0.4 is 10.9 Å². The number of nitrogens with one attached hydrogen (secondary N) is 1. The van der Waals surface area contributed by atoms with Gasteiger partial charge < -0.3 is 5.32 Å². The number of carbonyl (C=O) groups excluding carboxylic acids is 1. The van der Waals surface area contributed by atoms with E-state index in [1.807, 2.05) is 44.2 Å². The molecule has 4 rings (SSSR count). The molecule has 0 aliphatic heterocycles. The third kappa shape index (κ3) is 3.84. The molecule has 0 spiro atoms. The lowest BCUT2D eigenvalue weighted by atomic mass is 10.1. The van der Waals surface area contributed by atoms with Gasteiger partial charge in [-0.25, -0.2) is 9.67 Å². The van der Waals surface area contributed by atoms with Crippen LogP contribution in [-0.4, -0.2) is 25.2 Å². The summed E-state index contributed by atoms with van der Waals surface area (Å²) in [5.74, 6) is -0.318. The molecular formula is C21H18BrN5O2. The topological polar surface area (TPSA) is 81.8 Å². The summed E-state index contributed by atoms with van der Waals surface area (Å²) in [6, 6.07) is 13.3. The highest BCUT2D eigenvalue weighted by atomic mass is 79.9. The maximum atomic E-state index is 12.8. The Morgan fingerprint density at radius 2 is 1.86 bits per heavy atom. The average Bonchev–Trinajstić information content (AvgIpc) is 3.10. The van der Waals surface area contributed by atoms with Crippen molar-refractivity contribution in [3.63, 3.8) is 0 Å². The van der Waals surface area contributed by atoms with Crippen molar-refractivity contribution in [3.8, 4) is 5.69 Å². The van der Waals surface area contributed by atoms with Gasteiger partial charge in [0, 0.05) is 4.47 Å². The Balaban J connectivity index is 1.64. The lowest BCUT2D eigenvalue weighted by molar-refractivity contribution is -0.116. The summed E-state index contributed by atoms with van der Waals surface area (Å²) in [5.41, 5.74) is 3.83. The molecule has 2 aromatic carbocycles. The van der Waals surface area contributed by atoms with Crippen molar-refractivity contribution in [1.82, 2.24) is 19.3 Å². The Morgan fingerprint density at radius 1 is 1.14 bits per heavy atom. The van der Waals surface area contributed by atoms with Crippen LogP contribution in [0.4, 0.5) is 5.69 Å².